The molecule has 4 heteroatoms. The molecule has 1 unspecified atom stereocenters. The fourth-order valence-corrected chi connectivity index (χ4v) is 2.35. The lowest BCUT2D eigenvalue weighted by Gasteiger charge is -2.35. The summed E-state index contributed by atoms with van der Waals surface area (Å²) in [5.74, 6) is -0.197. The highest BCUT2D eigenvalue weighted by Crippen LogP contribution is 2.13. The van der Waals surface area contributed by atoms with Gasteiger partial charge in [-0.15, -0.1) is 0 Å². The van der Waals surface area contributed by atoms with Crippen LogP contribution in [0.3, 0.4) is 0 Å². The molecule has 0 aromatic heterocycles. The minimum atomic E-state index is -0.624. The minimum absolute atomic E-state index is 0.197. The van der Waals surface area contributed by atoms with Crippen LogP contribution in [-0.4, -0.2) is 49.7 Å². The molecule has 0 bridgehead atoms. The molecular formula is C13H28N2O2. The van der Waals surface area contributed by atoms with E-state index in [9.17, 15) is 4.79 Å². The molecule has 17 heavy (non-hydrogen) atoms. The van der Waals surface area contributed by atoms with Gasteiger partial charge in [0.25, 0.3) is 0 Å². The Balaban J connectivity index is 4.68. The van der Waals surface area contributed by atoms with Crippen LogP contribution >= 0.6 is 0 Å². The third-order valence-corrected chi connectivity index (χ3v) is 3.33. The van der Waals surface area contributed by atoms with E-state index in [1.807, 2.05) is 13.8 Å². The van der Waals surface area contributed by atoms with E-state index >= 15 is 0 Å². The molecule has 0 fully saturated rings. The van der Waals surface area contributed by atoms with Gasteiger partial charge >= 0.3 is 5.97 Å². The Kier molecular flexibility index (Phi) is 7.39. The largest absolute Gasteiger partial charge is 0.468 e. The second-order valence-corrected chi connectivity index (χ2v) is 4.74. The predicted molar refractivity (Wildman–Crippen MR) is 71.1 cm³/mol. The molecule has 0 aliphatic heterocycles. The van der Waals surface area contributed by atoms with Crippen molar-refractivity contribution in [3.63, 3.8) is 0 Å². The lowest BCUT2D eigenvalue weighted by atomic mass is 10.00. The predicted octanol–water partition coefficient (Wildman–Crippen LogP) is 1.65. The zero-order chi connectivity index (χ0) is 13.5. The van der Waals surface area contributed by atoms with Crippen molar-refractivity contribution in [2.75, 3.05) is 27.2 Å². The third-order valence-electron chi connectivity index (χ3n) is 3.33. The van der Waals surface area contributed by atoms with E-state index in [1.54, 1.807) is 0 Å². The lowest BCUT2D eigenvalue weighted by molar-refractivity contribution is -0.148. The summed E-state index contributed by atoms with van der Waals surface area (Å²) in [7, 11) is 3.51. The summed E-state index contributed by atoms with van der Waals surface area (Å²) in [6.45, 7) is 9.67. The van der Waals surface area contributed by atoms with Gasteiger partial charge in [-0.25, -0.2) is 0 Å². The Bertz CT molecular complexity index is 229. The van der Waals surface area contributed by atoms with E-state index in [-0.39, 0.29) is 5.97 Å². The lowest BCUT2D eigenvalue weighted by Crippen LogP contribution is -2.58. The molecule has 1 N–H and O–H groups in total. The Hall–Kier alpha value is -0.610. The molecule has 4 nitrogen and oxygen atoms in total. The van der Waals surface area contributed by atoms with Crippen LogP contribution in [0.25, 0.3) is 0 Å². The summed E-state index contributed by atoms with van der Waals surface area (Å²) in [6.07, 6.45) is 2.19. The first-order valence-electron chi connectivity index (χ1n) is 6.48. The number of hydrogen-bond acceptors (Lipinski definition) is 4. The molecule has 0 rings (SSSR count). The van der Waals surface area contributed by atoms with Crippen LogP contribution in [0.4, 0.5) is 0 Å². The average molecular weight is 244 g/mol. The maximum Gasteiger partial charge on any atom is 0.327 e. The van der Waals surface area contributed by atoms with Crippen molar-refractivity contribution in [3.05, 3.63) is 0 Å². The highest BCUT2D eigenvalue weighted by Gasteiger charge is 2.35. The third kappa shape index (κ3) is 4.64. The van der Waals surface area contributed by atoms with Crippen LogP contribution in [0, 0.1) is 0 Å². The second-order valence-electron chi connectivity index (χ2n) is 4.74. The molecule has 0 aliphatic carbocycles. The summed E-state index contributed by atoms with van der Waals surface area (Å²) in [6, 6.07) is 0.512. The number of carbonyl (C=O) groups is 1. The number of methoxy groups -OCH3 is 1. The molecule has 0 saturated carbocycles. The first-order chi connectivity index (χ1) is 7.95. The number of likely N-dealkylation sites (N-methyl/N-ethyl adjacent to an activating group) is 2. The van der Waals surface area contributed by atoms with Crippen LogP contribution in [0.1, 0.15) is 40.5 Å². The second kappa shape index (κ2) is 7.67. The smallest absolute Gasteiger partial charge is 0.327 e. The molecule has 0 amide bonds. The van der Waals surface area contributed by atoms with Crippen LogP contribution in [0.2, 0.25) is 0 Å². The van der Waals surface area contributed by atoms with Crippen LogP contribution in [-0.2, 0) is 9.53 Å². The molecule has 1 atom stereocenters. The Morgan fingerprint density at radius 2 is 1.88 bits per heavy atom. The van der Waals surface area contributed by atoms with E-state index in [4.69, 9.17) is 4.74 Å². The monoisotopic (exact) mass is 244 g/mol. The van der Waals surface area contributed by atoms with Crippen molar-refractivity contribution in [1.29, 1.82) is 0 Å². The number of ether oxygens (including phenoxy) is 1. The van der Waals surface area contributed by atoms with Crippen molar-refractivity contribution in [2.45, 2.75) is 52.1 Å². The molecule has 0 aromatic rings. The molecule has 0 saturated heterocycles. The summed E-state index contributed by atoms with van der Waals surface area (Å²) < 4.78 is 4.89. The molecule has 0 spiro atoms. The van der Waals surface area contributed by atoms with E-state index < -0.39 is 5.54 Å². The normalized spacial score (nSPS) is 15.1. The van der Waals surface area contributed by atoms with Crippen molar-refractivity contribution >= 4 is 5.97 Å². The first kappa shape index (κ1) is 16.4. The first-order valence-corrected chi connectivity index (χ1v) is 6.48. The molecule has 0 radical (unpaired) electrons. The van der Waals surface area contributed by atoms with Gasteiger partial charge in [0.1, 0.15) is 5.54 Å². The Morgan fingerprint density at radius 3 is 2.24 bits per heavy atom. The number of rotatable bonds is 8. The van der Waals surface area contributed by atoms with Crippen LogP contribution in [0.15, 0.2) is 0 Å². The van der Waals surface area contributed by atoms with Gasteiger partial charge in [0.2, 0.25) is 0 Å². The number of carbonyl (C=O) groups excluding carboxylic acids is 1. The summed E-state index contributed by atoms with van der Waals surface area (Å²) in [5.41, 5.74) is -0.624. The molecule has 0 aliphatic rings. The highest BCUT2D eigenvalue weighted by atomic mass is 16.5. The number of hydrogen-bond donors (Lipinski definition) is 1. The van der Waals surface area contributed by atoms with E-state index in [1.165, 1.54) is 7.11 Å². The SMILES string of the molecule is CCNC(C)(CN(C)C(CC)CC)C(=O)OC. The van der Waals surface area contributed by atoms with Crippen molar-refractivity contribution in [2.24, 2.45) is 0 Å². The average Bonchev–Trinajstić information content (AvgIpc) is 2.29. The van der Waals surface area contributed by atoms with Gasteiger partial charge in [-0.1, -0.05) is 20.8 Å². The van der Waals surface area contributed by atoms with Crippen LogP contribution in [0.5, 0.6) is 0 Å². The zero-order valence-corrected chi connectivity index (χ0v) is 12.2. The number of nitrogens with one attached hydrogen (secondary N) is 1. The minimum Gasteiger partial charge on any atom is -0.468 e. The summed E-state index contributed by atoms with van der Waals surface area (Å²) >= 11 is 0. The molecular weight excluding hydrogens is 216 g/mol. The van der Waals surface area contributed by atoms with Crippen molar-refractivity contribution < 1.29 is 9.53 Å². The van der Waals surface area contributed by atoms with Crippen LogP contribution < -0.4 is 5.32 Å². The van der Waals surface area contributed by atoms with Gasteiger partial charge < -0.3 is 15.0 Å². The Labute approximate surface area is 106 Å². The van der Waals surface area contributed by atoms with E-state index in [0.29, 0.717) is 12.6 Å². The summed E-state index contributed by atoms with van der Waals surface area (Å²) in [4.78, 5) is 14.1. The van der Waals surface area contributed by atoms with Gasteiger partial charge in [-0.2, -0.15) is 0 Å². The van der Waals surface area contributed by atoms with Gasteiger partial charge in [0, 0.05) is 12.6 Å². The maximum absolute atomic E-state index is 11.8. The van der Waals surface area contributed by atoms with Crippen molar-refractivity contribution in [1.82, 2.24) is 10.2 Å². The molecule has 102 valence electrons. The Morgan fingerprint density at radius 1 is 1.35 bits per heavy atom. The van der Waals surface area contributed by atoms with Crippen molar-refractivity contribution in [3.8, 4) is 0 Å². The van der Waals surface area contributed by atoms with Gasteiger partial charge in [0.15, 0.2) is 0 Å². The quantitative estimate of drug-likeness (QED) is 0.659. The van der Waals surface area contributed by atoms with Gasteiger partial charge in [0.05, 0.1) is 7.11 Å². The zero-order valence-electron chi connectivity index (χ0n) is 12.2. The standard InChI is InChI=1S/C13H28N2O2/c1-7-11(8-2)15(5)10-13(4,14-9-3)12(16)17-6/h11,14H,7-10H2,1-6H3. The molecule has 0 heterocycles. The number of esters is 1. The highest BCUT2D eigenvalue weighted by molar-refractivity contribution is 5.80. The number of nitrogens with zero attached hydrogens (tertiary/aromatic N) is 1. The summed E-state index contributed by atoms with van der Waals surface area (Å²) in [5, 5.41) is 3.23. The van der Waals surface area contributed by atoms with Gasteiger partial charge in [-0.05, 0) is 33.4 Å². The maximum atomic E-state index is 11.8. The van der Waals surface area contributed by atoms with Gasteiger partial charge in [-0.3, -0.25) is 4.79 Å². The van der Waals surface area contributed by atoms with E-state index in [2.05, 4.69) is 31.1 Å². The fourth-order valence-electron chi connectivity index (χ4n) is 2.35. The fraction of sp³-hybridized carbons (Fsp3) is 0.923. The molecule has 0 aromatic carbocycles. The van der Waals surface area contributed by atoms with E-state index in [0.717, 1.165) is 19.4 Å². The topological polar surface area (TPSA) is 41.6 Å².